The number of amides is 2. The van der Waals surface area contributed by atoms with Crippen LogP contribution in [0.2, 0.25) is 20.4 Å². The summed E-state index contributed by atoms with van der Waals surface area (Å²) in [6, 6.07) is 7.75. The third-order valence-corrected chi connectivity index (χ3v) is 13.8. The lowest BCUT2D eigenvalue weighted by Gasteiger charge is -2.27. The molecule has 2 aromatic carbocycles. The van der Waals surface area contributed by atoms with E-state index in [0.29, 0.717) is 64.7 Å². The number of hydrogen-bond donors (Lipinski definition) is 4. The molecule has 0 saturated carbocycles. The number of halogens is 6. The van der Waals surface area contributed by atoms with Crippen LogP contribution in [0.4, 0.5) is 20.2 Å². The highest BCUT2D eigenvalue weighted by molar-refractivity contribution is 7.84. The molecule has 5 N–H and O–H groups in total. The van der Waals surface area contributed by atoms with Crippen LogP contribution in [0.5, 0.6) is 0 Å². The monoisotopic (exact) mass is 966 g/mol. The first-order valence-corrected chi connectivity index (χ1v) is 22.4. The molecule has 0 saturated heterocycles. The van der Waals surface area contributed by atoms with Crippen LogP contribution in [-0.4, -0.2) is 44.6 Å². The number of benzene rings is 2. The van der Waals surface area contributed by atoms with E-state index < -0.39 is 44.3 Å². The van der Waals surface area contributed by atoms with Crippen LogP contribution >= 0.6 is 46.4 Å². The van der Waals surface area contributed by atoms with Crippen molar-refractivity contribution < 1.29 is 31.6 Å². The number of ketones is 1. The lowest BCUT2D eigenvalue weighted by atomic mass is 9.90. The topological polar surface area (TPSA) is 157 Å². The Hall–Kier alpha value is -3.15. The summed E-state index contributed by atoms with van der Waals surface area (Å²) in [6.45, 7) is 11.2. The zero-order valence-corrected chi connectivity index (χ0v) is 38.5. The van der Waals surface area contributed by atoms with E-state index in [-0.39, 0.29) is 52.5 Å². The molecule has 3 atom stereocenters. The van der Waals surface area contributed by atoms with Crippen LogP contribution in [-0.2, 0) is 48.9 Å². The summed E-state index contributed by atoms with van der Waals surface area (Å²) in [5, 5.41) is 11.0. The predicted molar refractivity (Wildman–Crippen MR) is 249 cm³/mol. The molecule has 19 heteroatoms. The van der Waals surface area contributed by atoms with E-state index in [4.69, 9.17) is 51.5 Å². The first-order chi connectivity index (χ1) is 27.3. The number of aromatic nitrogens is 2. The fraction of sp³-hybridized carbons (Fsp3) is 0.452. The first-order valence-electron chi connectivity index (χ1n) is 18.5. The fourth-order valence-electron chi connectivity index (χ4n) is 6.29. The van der Waals surface area contributed by atoms with Gasteiger partial charge in [0, 0.05) is 43.5 Å². The van der Waals surface area contributed by atoms with Crippen molar-refractivity contribution in [3.63, 3.8) is 0 Å². The molecule has 11 nitrogen and oxygen atoms in total. The maximum atomic E-state index is 13.4. The van der Waals surface area contributed by atoms with Crippen molar-refractivity contribution in [2.75, 3.05) is 10.6 Å². The van der Waals surface area contributed by atoms with Crippen LogP contribution < -0.4 is 20.5 Å². The van der Waals surface area contributed by atoms with Crippen molar-refractivity contribution in [1.82, 2.24) is 13.9 Å². The summed E-state index contributed by atoms with van der Waals surface area (Å²) in [6.07, 6.45) is 4.07. The summed E-state index contributed by atoms with van der Waals surface area (Å²) in [7, 11) is 0.920. The van der Waals surface area contributed by atoms with E-state index in [9.17, 15) is 31.6 Å². The normalized spacial score (nSPS) is 15.5. The van der Waals surface area contributed by atoms with Crippen molar-refractivity contribution in [1.29, 1.82) is 0 Å². The van der Waals surface area contributed by atoms with E-state index in [1.165, 1.54) is 41.0 Å². The molecule has 6 rings (SSSR count). The fourth-order valence-corrected chi connectivity index (χ4v) is 8.13. The number of carbonyl (C=O) groups excluding carboxylic acids is 3. The van der Waals surface area contributed by atoms with Crippen molar-refractivity contribution in [3.05, 3.63) is 102 Å². The highest BCUT2D eigenvalue weighted by Gasteiger charge is 2.35. The number of nitrogens with zero attached hydrogens (tertiary/aromatic N) is 2. The minimum atomic E-state index is -1.26. The Morgan fingerprint density at radius 3 is 1.62 bits per heavy atom. The van der Waals surface area contributed by atoms with Crippen LogP contribution in [0.1, 0.15) is 136 Å². The molecule has 61 heavy (non-hydrogen) atoms. The second kappa shape index (κ2) is 22.0. The molecule has 2 aliphatic rings. The quantitative estimate of drug-likeness (QED) is 0.151. The van der Waals surface area contributed by atoms with Crippen LogP contribution in [0.15, 0.2) is 36.4 Å². The molecular formula is C42H56Cl4F2N6O5S2. The molecule has 2 aromatic heterocycles. The van der Waals surface area contributed by atoms with Gasteiger partial charge in [0.15, 0.2) is 5.78 Å². The lowest BCUT2D eigenvalue weighted by molar-refractivity contribution is 0.0971. The molecule has 0 aliphatic heterocycles. The number of nitrogens with one attached hydrogen (secondary N) is 3. The highest BCUT2D eigenvalue weighted by Crippen LogP contribution is 2.40. The van der Waals surface area contributed by atoms with Gasteiger partial charge in [-0.3, -0.25) is 19.5 Å². The van der Waals surface area contributed by atoms with Gasteiger partial charge in [0.05, 0.1) is 47.1 Å². The number of rotatable bonds is 6. The van der Waals surface area contributed by atoms with E-state index in [1.54, 1.807) is 18.7 Å². The second-order valence-electron chi connectivity index (χ2n) is 15.9. The van der Waals surface area contributed by atoms with Gasteiger partial charge in [-0.1, -0.05) is 61.3 Å². The molecule has 0 fully saturated rings. The molecular weight excluding hydrogens is 912 g/mol. The van der Waals surface area contributed by atoms with E-state index >= 15 is 0 Å². The van der Waals surface area contributed by atoms with Gasteiger partial charge in [-0.2, -0.15) is 0 Å². The summed E-state index contributed by atoms with van der Waals surface area (Å²) in [4.78, 5) is 37.6. The summed E-state index contributed by atoms with van der Waals surface area (Å²) in [5.41, 5.74) is 4.32. The number of hydrogen-bond acceptors (Lipinski definition) is 5. The third-order valence-electron chi connectivity index (χ3n) is 9.46. The zero-order chi connectivity index (χ0) is 44.3. The van der Waals surface area contributed by atoms with Gasteiger partial charge in [-0.05, 0) is 121 Å². The van der Waals surface area contributed by atoms with Gasteiger partial charge in [0.2, 0.25) is 0 Å². The molecule has 0 spiro atoms. The Balaban J connectivity index is 0.000000359. The Kier molecular flexibility index (Phi) is 19.4. The molecule has 338 valence electrons. The van der Waals surface area contributed by atoms with Crippen molar-refractivity contribution in [2.24, 2.45) is 19.2 Å². The molecule has 0 radical (unpaired) electrons. The van der Waals surface area contributed by atoms with Gasteiger partial charge in [0.1, 0.15) is 33.3 Å². The summed E-state index contributed by atoms with van der Waals surface area (Å²) in [5.74, 6) is -1.92. The standard InChI is InChI=1S/C20H24Cl2FN3O2S.C16H13Cl2FN2O2.C4H11NOS.2CH4/c1-20(2,3)29(28)25-15-7-5-6-12-16(15)18(22)26(4)17(12)19(27)24-11-8-9-14(23)13(21)10-11;1-21-14(9-3-2-4-12(22)13(9)15(21)18)16(23)20-8-5-6-11(19)10(17)7-8;1-4(2,3)7(5)6;;/h8-10,15,25H,5-7H2,1-4H3,(H,24,27);5-7H,2-4H2,1H3,(H,20,23);5H2,1-3H3;2*1H4/t15?,29-;;7-;;/m1.1../s1. The van der Waals surface area contributed by atoms with Crippen LogP contribution in [0.3, 0.4) is 0 Å². The van der Waals surface area contributed by atoms with Gasteiger partial charge < -0.3 is 19.8 Å². The molecule has 1 unspecified atom stereocenters. The average molecular weight is 969 g/mol. The summed E-state index contributed by atoms with van der Waals surface area (Å²) < 4.78 is 55.2. The largest absolute Gasteiger partial charge is 0.330 e. The maximum Gasteiger partial charge on any atom is 0.272 e. The average Bonchev–Trinajstić information content (AvgIpc) is 3.56. The first kappa shape index (κ1) is 54.0. The molecule has 2 heterocycles. The molecule has 2 amide bonds. The molecule has 0 bridgehead atoms. The molecule has 4 aromatic rings. The predicted octanol–water partition coefficient (Wildman–Crippen LogP) is 11.1. The van der Waals surface area contributed by atoms with Gasteiger partial charge in [0.25, 0.3) is 11.8 Å². The smallest absolute Gasteiger partial charge is 0.272 e. The maximum absolute atomic E-state index is 13.4. The third kappa shape index (κ3) is 13.0. The number of fused-ring (bicyclic) bond motifs is 2. The van der Waals surface area contributed by atoms with Crippen molar-refractivity contribution >= 4 is 97.3 Å². The van der Waals surface area contributed by atoms with Gasteiger partial charge >= 0.3 is 0 Å². The Labute approximate surface area is 383 Å². The lowest BCUT2D eigenvalue weighted by Crippen LogP contribution is -2.37. The molecule has 2 aliphatic carbocycles. The van der Waals surface area contributed by atoms with Gasteiger partial charge in [-0.25, -0.2) is 21.9 Å². The van der Waals surface area contributed by atoms with E-state index in [0.717, 1.165) is 24.0 Å². The Bertz CT molecular complexity index is 2320. The van der Waals surface area contributed by atoms with Crippen molar-refractivity contribution in [3.8, 4) is 0 Å². The van der Waals surface area contributed by atoms with Crippen molar-refractivity contribution in [2.45, 2.75) is 110 Å². The zero-order valence-electron chi connectivity index (χ0n) is 33.9. The highest BCUT2D eigenvalue weighted by atomic mass is 35.5. The van der Waals surface area contributed by atoms with Crippen LogP contribution in [0, 0.1) is 11.6 Å². The number of anilines is 2. The minimum Gasteiger partial charge on any atom is -0.330 e. The number of nitrogens with two attached hydrogens (primary N) is 1. The number of Topliss-reactive ketones (excluding diaryl/α,β-unsaturated/α-hetero) is 1. The SMILES string of the molecule is C.C.CC(C)(C)[S@](N)=O.Cn1c(Cl)c2c(c1C(=O)Nc1ccc(F)c(Cl)c1)CCCC2=O.Cn1c(Cl)c2c(c1C(=O)Nc1ccc(F)c(Cl)c1)CCCC2N[S@](=O)C(C)(C)C. The Morgan fingerprint density at radius 2 is 1.18 bits per heavy atom. The summed E-state index contributed by atoms with van der Waals surface area (Å²) >= 11 is 24.3. The minimum absolute atomic E-state index is 0. The van der Waals surface area contributed by atoms with Crippen LogP contribution in [0.25, 0.3) is 0 Å². The van der Waals surface area contributed by atoms with E-state index in [2.05, 4.69) is 15.4 Å². The Morgan fingerprint density at radius 1 is 0.738 bits per heavy atom. The van der Waals surface area contributed by atoms with E-state index in [1.807, 2.05) is 41.5 Å². The number of carbonyl (C=O) groups is 3. The van der Waals surface area contributed by atoms with Gasteiger partial charge in [-0.15, -0.1) is 0 Å². The second-order valence-corrected chi connectivity index (χ2v) is 21.3.